The Bertz CT molecular complexity index is 792. The monoisotopic (exact) mass is 383 g/mol. The van der Waals surface area contributed by atoms with Crippen molar-refractivity contribution < 1.29 is 14.3 Å². The van der Waals surface area contributed by atoms with Crippen LogP contribution in [0.25, 0.3) is 0 Å². The van der Waals surface area contributed by atoms with E-state index in [1.165, 1.54) is 0 Å². The summed E-state index contributed by atoms with van der Waals surface area (Å²) in [6, 6.07) is 12.0. The Labute approximate surface area is 166 Å². The van der Waals surface area contributed by atoms with Crippen LogP contribution in [0.1, 0.15) is 36.6 Å². The van der Waals surface area contributed by atoms with Gasteiger partial charge in [0.2, 0.25) is 5.91 Å². The van der Waals surface area contributed by atoms with E-state index >= 15 is 0 Å². The first kappa shape index (κ1) is 20.1. The molecule has 0 spiro atoms. The number of nitrogens with zero attached hydrogens (tertiary/aromatic N) is 2. The number of aryl methyl sites for hydroxylation is 1. The maximum Gasteiger partial charge on any atom is 0.224 e. The van der Waals surface area contributed by atoms with Gasteiger partial charge in [-0.15, -0.1) is 0 Å². The zero-order valence-electron chi connectivity index (χ0n) is 16.9. The molecule has 0 aliphatic carbocycles. The molecule has 6 heteroatoms. The predicted molar refractivity (Wildman–Crippen MR) is 110 cm³/mol. The van der Waals surface area contributed by atoms with Gasteiger partial charge in [0.15, 0.2) is 0 Å². The molecule has 6 nitrogen and oxygen atoms in total. The molecular weight excluding hydrogens is 354 g/mol. The second-order valence-electron chi connectivity index (χ2n) is 7.20. The lowest BCUT2D eigenvalue weighted by Gasteiger charge is -2.33. The zero-order valence-corrected chi connectivity index (χ0v) is 16.9. The average Bonchev–Trinajstić information content (AvgIpc) is 2.72. The molecule has 2 aromatic rings. The van der Waals surface area contributed by atoms with Gasteiger partial charge in [-0.2, -0.15) is 0 Å². The number of hydrogen-bond donors (Lipinski definition) is 1. The average molecular weight is 383 g/mol. The van der Waals surface area contributed by atoms with Gasteiger partial charge in [0, 0.05) is 48.9 Å². The lowest BCUT2D eigenvalue weighted by molar-refractivity contribution is -0.133. The molecular formula is C22H29N3O3. The summed E-state index contributed by atoms with van der Waals surface area (Å²) in [5, 5.41) is 3.44. The van der Waals surface area contributed by atoms with Gasteiger partial charge in [-0.05, 0) is 56.2 Å². The van der Waals surface area contributed by atoms with Crippen molar-refractivity contribution in [3.05, 3.63) is 47.8 Å². The highest BCUT2D eigenvalue weighted by atomic mass is 16.5. The summed E-state index contributed by atoms with van der Waals surface area (Å²) in [7, 11) is 3.29. The van der Waals surface area contributed by atoms with Gasteiger partial charge in [0.25, 0.3) is 0 Å². The van der Waals surface area contributed by atoms with E-state index in [1.807, 2.05) is 42.2 Å². The Hall–Kier alpha value is -2.60. The van der Waals surface area contributed by atoms with Crippen LogP contribution in [-0.2, 0) is 9.53 Å². The number of aromatic nitrogens is 1. The Morgan fingerprint density at radius 2 is 2.00 bits per heavy atom. The number of amides is 1. The van der Waals surface area contributed by atoms with Crippen LogP contribution in [0.2, 0.25) is 0 Å². The molecule has 150 valence electrons. The van der Waals surface area contributed by atoms with E-state index in [-0.39, 0.29) is 11.8 Å². The third-order valence-electron chi connectivity index (χ3n) is 5.06. The fraction of sp³-hybridized carbons (Fsp3) is 0.455. The van der Waals surface area contributed by atoms with Crippen LogP contribution in [0.4, 0.5) is 11.4 Å². The maximum absolute atomic E-state index is 12.4. The largest absolute Gasteiger partial charge is 0.497 e. The minimum atomic E-state index is 0.163. The summed E-state index contributed by atoms with van der Waals surface area (Å²) in [5.41, 5.74) is 4.02. The number of pyridine rings is 1. The molecule has 28 heavy (non-hydrogen) atoms. The number of anilines is 2. The summed E-state index contributed by atoms with van der Waals surface area (Å²) in [5.74, 6) is 1.25. The second kappa shape index (κ2) is 9.55. The molecule has 2 heterocycles. The summed E-state index contributed by atoms with van der Waals surface area (Å²) in [4.78, 5) is 19.1. The number of methoxy groups -OCH3 is 2. The first-order valence-electron chi connectivity index (χ1n) is 9.75. The molecule has 1 saturated heterocycles. The maximum atomic E-state index is 12.4. The summed E-state index contributed by atoms with van der Waals surface area (Å²) < 4.78 is 10.3. The third kappa shape index (κ3) is 5.23. The summed E-state index contributed by atoms with van der Waals surface area (Å²) in [6.07, 6.45) is 2.49. The number of carbonyl (C=O) groups excluding carboxylic acids is 1. The summed E-state index contributed by atoms with van der Waals surface area (Å²) >= 11 is 0. The Balaban J connectivity index is 1.72. The number of ether oxygens (including phenoxy) is 2. The van der Waals surface area contributed by atoms with Gasteiger partial charge < -0.3 is 19.7 Å². The first-order chi connectivity index (χ1) is 13.6. The van der Waals surface area contributed by atoms with Crippen LogP contribution >= 0.6 is 0 Å². The van der Waals surface area contributed by atoms with Gasteiger partial charge in [0.1, 0.15) is 5.75 Å². The number of benzene rings is 1. The van der Waals surface area contributed by atoms with Crippen LogP contribution < -0.4 is 10.1 Å². The fourth-order valence-electron chi connectivity index (χ4n) is 3.61. The van der Waals surface area contributed by atoms with E-state index in [9.17, 15) is 4.79 Å². The molecule has 1 aliphatic heterocycles. The molecule has 1 aromatic carbocycles. The van der Waals surface area contributed by atoms with Crippen LogP contribution in [0.3, 0.4) is 0 Å². The number of piperidine rings is 1. The Morgan fingerprint density at radius 3 is 2.71 bits per heavy atom. The molecule has 0 radical (unpaired) electrons. The van der Waals surface area contributed by atoms with Crippen LogP contribution in [-0.4, -0.2) is 49.7 Å². The minimum absolute atomic E-state index is 0.163. The van der Waals surface area contributed by atoms with E-state index in [1.54, 1.807) is 14.2 Å². The number of rotatable bonds is 7. The Kier molecular flexibility index (Phi) is 6.87. The zero-order chi connectivity index (χ0) is 19.9. The van der Waals surface area contributed by atoms with Crippen LogP contribution in [0.5, 0.6) is 5.75 Å². The van der Waals surface area contributed by atoms with Crippen molar-refractivity contribution in [1.29, 1.82) is 0 Å². The molecule has 1 aliphatic rings. The standard InChI is InChI=1S/C22H29N3O3/c1-16-13-19(24-18-6-8-20(28-3)9-7-18)14-21(23-16)17-5-4-11-25(15-17)22(26)10-12-27-2/h6-9,13-14,17H,4-5,10-12,15H2,1-3H3,(H,23,24)/t17-/m1/s1. The molecule has 1 N–H and O–H groups in total. The van der Waals surface area contributed by atoms with Gasteiger partial charge in [-0.3, -0.25) is 9.78 Å². The quantitative estimate of drug-likeness (QED) is 0.786. The second-order valence-corrected chi connectivity index (χ2v) is 7.20. The van der Waals surface area contributed by atoms with Gasteiger partial charge in [0.05, 0.1) is 20.1 Å². The van der Waals surface area contributed by atoms with Crippen molar-refractivity contribution >= 4 is 17.3 Å². The molecule has 1 atom stereocenters. The van der Waals surface area contributed by atoms with E-state index in [4.69, 9.17) is 14.5 Å². The molecule has 0 bridgehead atoms. The number of hydrogen-bond acceptors (Lipinski definition) is 5. The molecule has 1 amide bonds. The van der Waals surface area contributed by atoms with Crippen molar-refractivity contribution in [2.24, 2.45) is 0 Å². The van der Waals surface area contributed by atoms with Crippen LogP contribution in [0.15, 0.2) is 36.4 Å². The van der Waals surface area contributed by atoms with Crippen molar-refractivity contribution in [1.82, 2.24) is 9.88 Å². The van der Waals surface area contributed by atoms with E-state index in [2.05, 4.69) is 11.4 Å². The molecule has 1 fully saturated rings. The lowest BCUT2D eigenvalue weighted by Crippen LogP contribution is -2.39. The Morgan fingerprint density at radius 1 is 1.21 bits per heavy atom. The highest BCUT2D eigenvalue weighted by Gasteiger charge is 2.25. The number of nitrogens with one attached hydrogen (secondary N) is 1. The van der Waals surface area contributed by atoms with Gasteiger partial charge in [-0.25, -0.2) is 0 Å². The smallest absolute Gasteiger partial charge is 0.224 e. The highest BCUT2D eigenvalue weighted by Crippen LogP contribution is 2.29. The van der Waals surface area contributed by atoms with E-state index in [0.717, 1.165) is 54.4 Å². The van der Waals surface area contributed by atoms with E-state index in [0.29, 0.717) is 13.0 Å². The normalized spacial score (nSPS) is 16.7. The van der Waals surface area contributed by atoms with E-state index < -0.39 is 0 Å². The van der Waals surface area contributed by atoms with Crippen molar-refractivity contribution in [3.8, 4) is 5.75 Å². The van der Waals surface area contributed by atoms with Crippen molar-refractivity contribution in [2.45, 2.75) is 32.1 Å². The van der Waals surface area contributed by atoms with Crippen molar-refractivity contribution in [2.75, 3.05) is 39.2 Å². The topological polar surface area (TPSA) is 63.7 Å². The van der Waals surface area contributed by atoms with Gasteiger partial charge in [-0.1, -0.05) is 0 Å². The minimum Gasteiger partial charge on any atom is -0.497 e. The first-order valence-corrected chi connectivity index (χ1v) is 9.75. The molecule has 0 saturated carbocycles. The molecule has 0 unspecified atom stereocenters. The lowest BCUT2D eigenvalue weighted by atomic mass is 9.93. The van der Waals surface area contributed by atoms with Crippen molar-refractivity contribution in [3.63, 3.8) is 0 Å². The highest BCUT2D eigenvalue weighted by molar-refractivity contribution is 5.76. The van der Waals surface area contributed by atoms with Crippen LogP contribution in [0, 0.1) is 6.92 Å². The predicted octanol–water partition coefficient (Wildman–Crippen LogP) is 3.88. The summed E-state index contributed by atoms with van der Waals surface area (Å²) in [6.45, 7) is 4.02. The molecule has 1 aromatic heterocycles. The molecule has 3 rings (SSSR count). The number of likely N-dealkylation sites (tertiary alicyclic amines) is 1. The number of carbonyl (C=O) groups is 1. The van der Waals surface area contributed by atoms with Gasteiger partial charge >= 0.3 is 0 Å². The third-order valence-corrected chi connectivity index (χ3v) is 5.06. The SMILES string of the molecule is COCCC(=O)N1CCC[C@@H](c2cc(Nc3ccc(OC)cc3)cc(C)n2)C1. The fourth-order valence-corrected chi connectivity index (χ4v) is 3.61.